The second-order valence-electron chi connectivity index (χ2n) is 9.27. The van der Waals surface area contributed by atoms with E-state index in [2.05, 4.69) is 21.1 Å². The molecular weight excluding hydrogens is 865 g/mol. The molecule has 0 rings (SSSR count). The first kappa shape index (κ1) is 79.7. The summed E-state index contributed by atoms with van der Waals surface area (Å²) in [5.41, 5.74) is 0. The molecule has 0 saturated carbocycles. The van der Waals surface area contributed by atoms with Gasteiger partial charge >= 0.3 is 16.5 Å². The van der Waals surface area contributed by atoms with Crippen molar-refractivity contribution in [2.24, 2.45) is 0 Å². The molecule has 0 heterocycles. The molecule has 6 unspecified atom stereocenters. The molecule has 6 atom stereocenters. The van der Waals surface area contributed by atoms with E-state index in [1.54, 1.807) is 0 Å². The van der Waals surface area contributed by atoms with Crippen molar-refractivity contribution >= 4 is 45.6 Å². The van der Waals surface area contributed by atoms with Crippen LogP contribution in [0.4, 0.5) is 0 Å². The summed E-state index contributed by atoms with van der Waals surface area (Å²) in [5, 5.41) is 21.1. The molecule has 35 heteroatoms. The van der Waals surface area contributed by atoms with Crippen LogP contribution in [0.15, 0.2) is 0 Å². The first-order chi connectivity index (χ1) is 19.5. The monoisotopic (exact) mass is 922 g/mol. The van der Waals surface area contributed by atoms with E-state index in [1.807, 2.05) is 58.2 Å². The first-order valence-electron chi connectivity index (χ1n) is 11.9. The summed E-state index contributed by atoms with van der Waals surface area (Å²) in [6.07, 6.45) is 0. The fourth-order valence-electron chi connectivity index (χ4n) is 0.479. The predicted molar refractivity (Wildman–Crippen MR) is 162 cm³/mol. The molecule has 0 aliphatic rings. The summed E-state index contributed by atoms with van der Waals surface area (Å²) in [4.78, 5) is 111. The molecule has 0 amide bonds. The van der Waals surface area contributed by atoms with Crippen LogP contribution in [-0.2, 0) is 43.9 Å². The third-order valence-electron chi connectivity index (χ3n) is 3.21. The summed E-state index contributed by atoms with van der Waals surface area (Å²) in [5.74, 6) is 0. The maximum atomic E-state index is 10.1. The van der Waals surface area contributed by atoms with E-state index >= 15 is 0 Å². The molecule has 0 aliphatic carbocycles. The van der Waals surface area contributed by atoms with E-state index in [0.29, 0.717) is 0 Å². The second-order valence-corrected chi connectivity index (χ2v) is 21.8. The fraction of sp³-hybridized carbons (Fsp3) is 1.00. The second kappa shape index (κ2) is 32.3. The Morgan fingerprint density at radius 3 is 0.460 bits per heavy atom. The molecule has 50 heavy (non-hydrogen) atoms. The van der Waals surface area contributed by atoms with Gasteiger partial charge in [-0.3, -0.25) is 0 Å². The first-order valence-corrected chi connectivity index (χ1v) is 21.3. The minimum absolute atomic E-state index is 0. The summed E-state index contributed by atoms with van der Waals surface area (Å²) in [7, 11) is -14.8. The number of hydrogen-bond donors (Lipinski definition) is 13. The number of rotatable bonds is 6. The quantitative estimate of drug-likeness (QED) is 0.0869. The van der Waals surface area contributed by atoms with Crippen molar-refractivity contribution in [1.29, 1.82) is 0 Å². The van der Waals surface area contributed by atoms with E-state index in [0.717, 1.165) is 0 Å². The third kappa shape index (κ3) is 37.3. The molecule has 0 radical (unpaired) electrons. The topological polar surface area (TPSA) is 572 Å². The zero-order chi connectivity index (χ0) is 40.2. The van der Waals surface area contributed by atoms with Gasteiger partial charge < -0.3 is 139 Å². The van der Waals surface area contributed by atoms with Crippen LogP contribution < -0.4 is 50.2 Å². The number of quaternary nitrogens is 4. The zero-order valence-corrected chi connectivity index (χ0v) is 35.5. The Bertz CT molecular complexity index is 875. The number of aliphatic hydroxyl groups is 3. The summed E-state index contributed by atoms with van der Waals surface area (Å²) in [6.45, 7) is 0.775. The normalized spacial score (nSPS) is 20.4. The summed E-state index contributed by atoms with van der Waals surface area (Å²) >= 11 is 0. The average molecular weight is 923 g/mol. The van der Waals surface area contributed by atoms with Crippen molar-refractivity contribution in [3.8, 4) is 0 Å². The Labute approximate surface area is 299 Å². The average Bonchev–Trinajstić information content (AvgIpc) is 2.71. The third-order valence-corrected chi connectivity index (χ3v) is 14.2. The SMILES string of the molecule is CC(O)(P(=O)([O-])O)P(=O)([O-])O.CC(O)(P(=O)([O-])O)P(=O)([O-])O.CC(O)(P(=O)([O-])O)P(=O)([O-])O.C[NH+](C)C.C[NH2+]C.C[NH2+]C.C[NH2+]C.O.O.O.[Ni+2]. The molecule has 0 aliphatic heterocycles. The Balaban J connectivity index is -0.0000000417. The number of nitrogens with two attached hydrogens (primary N) is 3. The van der Waals surface area contributed by atoms with Gasteiger partial charge in [0.05, 0.1) is 63.4 Å². The Kier molecular flexibility index (Phi) is 51.4. The van der Waals surface area contributed by atoms with Crippen LogP contribution in [-0.4, -0.2) is 140 Å². The molecule has 0 aromatic rings. The molecule has 322 valence electrons. The Hall–Kier alpha value is 0.994. The van der Waals surface area contributed by atoms with E-state index < -0.39 is 60.8 Å². The molecular formula is C15H58N4NiO24P6. The van der Waals surface area contributed by atoms with Gasteiger partial charge in [0.2, 0.25) is 0 Å². The van der Waals surface area contributed by atoms with E-state index in [-0.39, 0.29) is 53.7 Å². The number of nitrogens with one attached hydrogen (secondary N) is 1. The Morgan fingerprint density at radius 1 is 0.420 bits per heavy atom. The van der Waals surface area contributed by atoms with Crippen molar-refractivity contribution in [3.05, 3.63) is 0 Å². The zero-order valence-electron chi connectivity index (χ0n) is 29.2. The summed E-state index contributed by atoms with van der Waals surface area (Å²) < 4.78 is 60.6. The van der Waals surface area contributed by atoms with Crippen LogP contribution in [0.3, 0.4) is 0 Å². The van der Waals surface area contributed by atoms with Crippen LogP contribution in [0, 0.1) is 0 Å². The van der Waals surface area contributed by atoms with Gasteiger partial charge in [-0.1, -0.05) is 0 Å². The molecule has 22 N–H and O–H groups in total. The van der Waals surface area contributed by atoms with Gasteiger partial charge in [0.15, 0.2) is 60.8 Å². The van der Waals surface area contributed by atoms with Gasteiger partial charge in [-0.15, -0.1) is 0 Å². The van der Waals surface area contributed by atoms with Crippen molar-refractivity contribution in [2.45, 2.75) is 36.0 Å². The molecule has 0 spiro atoms. The smallest absolute Gasteiger partial charge is 0.776 e. The van der Waals surface area contributed by atoms with Gasteiger partial charge in [0, 0.05) is 0 Å². The van der Waals surface area contributed by atoms with Crippen LogP contribution in [0.5, 0.6) is 0 Å². The molecule has 0 saturated heterocycles. The molecule has 0 aromatic carbocycles. The Morgan fingerprint density at radius 2 is 0.460 bits per heavy atom. The van der Waals surface area contributed by atoms with E-state index in [9.17, 15) is 56.8 Å². The minimum Gasteiger partial charge on any atom is -0.776 e. The maximum absolute atomic E-state index is 10.1. The summed E-state index contributed by atoms with van der Waals surface area (Å²) in [6, 6.07) is 0. The molecule has 0 aromatic heterocycles. The van der Waals surface area contributed by atoms with Crippen molar-refractivity contribution in [1.82, 2.24) is 0 Å². The molecule has 0 bridgehead atoms. The molecule has 28 nitrogen and oxygen atoms in total. The van der Waals surface area contributed by atoms with Crippen LogP contribution in [0.1, 0.15) is 20.8 Å². The fourth-order valence-corrected chi connectivity index (χ4v) is 4.31. The van der Waals surface area contributed by atoms with Gasteiger partial charge in [0.1, 0.15) is 0 Å². The predicted octanol–water partition coefficient (Wildman–Crippen LogP) is -14.1. The number of hydrogen-bond acceptors (Lipinski definition) is 15. The van der Waals surface area contributed by atoms with E-state index in [1.165, 1.54) is 4.90 Å². The standard InChI is InChI=1S/C3H9N.3C2H7N.3C2H8O7P2.Ni.3H2O/c1-4(2)3;3*1-3-2;3*1-2(3,10(4,5)6)11(7,8)9;;;;/h1-3H3;3*3H,1-2H3;3*3H,1H3,(H2,4,5,6)(H2,7,8,9);;3*1H2/q;;;;;;;+2;;;/p-2. The largest absolute Gasteiger partial charge is 2.00 e. The van der Waals surface area contributed by atoms with Gasteiger partial charge in [-0.2, -0.15) is 0 Å². The minimum atomic E-state index is -5.51. The van der Waals surface area contributed by atoms with E-state index in [4.69, 9.17) is 44.7 Å². The van der Waals surface area contributed by atoms with Gasteiger partial charge in [-0.25, -0.2) is 0 Å². The van der Waals surface area contributed by atoms with Crippen molar-refractivity contribution in [2.75, 3.05) is 63.4 Å². The van der Waals surface area contributed by atoms with Gasteiger partial charge in [0.25, 0.3) is 0 Å². The van der Waals surface area contributed by atoms with Crippen molar-refractivity contribution < 1.29 is 155 Å². The van der Waals surface area contributed by atoms with Crippen molar-refractivity contribution in [3.63, 3.8) is 0 Å². The molecule has 0 fully saturated rings. The van der Waals surface area contributed by atoms with Crippen LogP contribution >= 0.6 is 45.6 Å². The van der Waals surface area contributed by atoms with Crippen LogP contribution in [0.2, 0.25) is 0 Å². The maximum Gasteiger partial charge on any atom is 2.00 e. The van der Waals surface area contributed by atoms with Crippen LogP contribution in [0.25, 0.3) is 0 Å². The van der Waals surface area contributed by atoms with Gasteiger partial charge in [-0.05, 0) is 20.8 Å².